The highest BCUT2D eigenvalue weighted by atomic mass is 127. The Morgan fingerprint density at radius 3 is 2.40 bits per heavy atom. The molecule has 0 spiro atoms. The molecule has 2 rings (SSSR count). The van der Waals surface area contributed by atoms with Gasteiger partial charge in [0.1, 0.15) is 9.84 Å². The van der Waals surface area contributed by atoms with Crippen molar-refractivity contribution in [1.82, 2.24) is 5.32 Å². The summed E-state index contributed by atoms with van der Waals surface area (Å²) >= 11 is 0. The number of sulfone groups is 1. The number of nitrogens with one attached hydrogen (secondary N) is 1. The summed E-state index contributed by atoms with van der Waals surface area (Å²) in [5.41, 5.74) is 5.76. The Hall–Kier alpha value is -0.0500. The summed E-state index contributed by atoms with van der Waals surface area (Å²) < 4.78 is 22.7. The van der Waals surface area contributed by atoms with E-state index in [2.05, 4.69) is 10.3 Å². The number of hydrogen-bond donors (Lipinski definition) is 2. The summed E-state index contributed by atoms with van der Waals surface area (Å²) in [6.07, 6.45) is 9.31. The standard InChI is InChI=1S/C13H25N3O2S.HI/c1-19(17,18)10-13(7-8-13)9-15-12(14)16-11-5-3-2-4-6-11;/h11H,2-10H2,1H3,(H3,14,15,16);1H. The largest absolute Gasteiger partial charge is 0.370 e. The lowest BCUT2D eigenvalue weighted by Gasteiger charge is -2.23. The van der Waals surface area contributed by atoms with Gasteiger partial charge < -0.3 is 11.1 Å². The minimum atomic E-state index is -2.92. The highest BCUT2D eigenvalue weighted by Gasteiger charge is 2.45. The maximum absolute atomic E-state index is 11.4. The van der Waals surface area contributed by atoms with Gasteiger partial charge in [-0.3, -0.25) is 4.99 Å². The van der Waals surface area contributed by atoms with Crippen molar-refractivity contribution in [1.29, 1.82) is 0 Å². The van der Waals surface area contributed by atoms with Crippen LogP contribution in [0.4, 0.5) is 0 Å². The van der Waals surface area contributed by atoms with E-state index in [1.54, 1.807) is 0 Å². The van der Waals surface area contributed by atoms with Gasteiger partial charge in [-0.15, -0.1) is 24.0 Å². The molecule has 3 N–H and O–H groups in total. The van der Waals surface area contributed by atoms with E-state index in [1.807, 2.05) is 0 Å². The number of hydrogen-bond acceptors (Lipinski definition) is 3. The Kier molecular flexibility index (Phi) is 6.56. The van der Waals surface area contributed by atoms with Crippen LogP contribution in [0.5, 0.6) is 0 Å². The Labute approximate surface area is 139 Å². The fourth-order valence-corrected chi connectivity index (χ4v) is 4.33. The van der Waals surface area contributed by atoms with Gasteiger partial charge in [0.15, 0.2) is 5.96 Å². The Bertz CT molecular complexity index is 441. The highest BCUT2D eigenvalue weighted by Crippen LogP contribution is 2.46. The second-order valence-corrected chi connectivity index (χ2v) is 8.39. The summed E-state index contributed by atoms with van der Waals surface area (Å²) in [7, 11) is -2.92. The molecule has 0 atom stereocenters. The van der Waals surface area contributed by atoms with Crippen LogP contribution in [0.3, 0.4) is 0 Å². The van der Waals surface area contributed by atoms with Gasteiger partial charge >= 0.3 is 0 Å². The van der Waals surface area contributed by atoms with Crippen molar-refractivity contribution < 1.29 is 8.42 Å². The lowest BCUT2D eigenvalue weighted by atomic mass is 9.96. The van der Waals surface area contributed by atoms with Crippen LogP contribution in [0.15, 0.2) is 4.99 Å². The third-order valence-electron chi connectivity index (χ3n) is 4.07. The van der Waals surface area contributed by atoms with Crippen LogP contribution in [0, 0.1) is 5.41 Å². The van der Waals surface area contributed by atoms with Gasteiger partial charge in [-0.05, 0) is 25.7 Å². The van der Waals surface area contributed by atoms with Gasteiger partial charge in [0, 0.05) is 24.3 Å². The molecule has 2 aliphatic rings. The molecule has 2 aliphatic carbocycles. The minimum Gasteiger partial charge on any atom is -0.370 e. The Balaban J connectivity index is 0.00000200. The van der Waals surface area contributed by atoms with Crippen molar-refractivity contribution in [3.05, 3.63) is 0 Å². The molecule has 0 unspecified atom stereocenters. The molecule has 0 radical (unpaired) electrons. The number of guanidine groups is 1. The van der Waals surface area contributed by atoms with Crippen LogP contribution in [0.1, 0.15) is 44.9 Å². The SMILES string of the molecule is CS(=O)(=O)CC1(CN=C(N)NC2CCCCC2)CC1.I. The summed E-state index contributed by atoms with van der Waals surface area (Å²) in [4.78, 5) is 4.36. The predicted octanol–water partition coefficient (Wildman–Crippen LogP) is 1.67. The number of halogens is 1. The second-order valence-electron chi connectivity index (χ2n) is 6.25. The summed E-state index contributed by atoms with van der Waals surface area (Å²) in [6.45, 7) is 0.533. The molecule has 0 amide bonds. The zero-order chi connectivity index (χ0) is 13.9. The quantitative estimate of drug-likeness (QED) is 0.407. The summed E-state index contributed by atoms with van der Waals surface area (Å²) in [6, 6.07) is 0.447. The van der Waals surface area contributed by atoms with Gasteiger partial charge in [-0.25, -0.2) is 8.42 Å². The molecule has 0 aromatic heterocycles. The first-order valence-corrected chi connectivity index (χ1v) is 9.19. The van der Waals surface area contributed by atoms with Crippen molar-refractivity contribution in [3.63, 3.8) is 0 Å². The van der Waals surface area contributed by atoms with Gasteiger partial charge in [-0.2, -0.15) is 0 Å². The zero-order valence-corrected chi connectivity index (χ0v) is 15.2. The first kappa shape index (κ1) is 18.0. The monoisotopic (exact) mass is 415 g/mol. The molecule has 0 aromatic carbocycles. The van der Waals surface area contributed by atoms with Gasteiger partial charge in [0.05, 0.1) is 5.75 Å². The zero-order valence-electron chi connectivity index (χ0n) is 12.1. The number of rotatable bonds is 5. The molecule has 0 heterocycles. The Morgan fingerprint density at radius 2 is 1.90 bits per heavy atom. The molecule has 0 saturated heterocycles. The third-order valence-corrected chi connectivity index (χ3v) is 5.20. The van der Waals surface area contributed by atoms with Gasteiger partial charge in [0.2, 0.25) is 0 Å². The van der Waals surface area contributed by atoms with Crippen LogP contribution in [0.2, 0.25) is 0 Å². The normalized spacial score (nSPS) is 22.9. The predicted molar refractivity (Wildman–Crippen MR) is 93.3 cm³/mol. The average molecular weight is 415 g/mol. The first-order chi connectivity index (χ1) is 8.89. The van der Waals surface area contributed by atoms with E-state index < -0.39 is 9.84 Å². The van der Waals surface area contributed by atoms with Crippen molar-refractivity contribution >= 4 is 39.8 Å². The molecular weight excluding hydrogens is 389 g/mol. The van der Waals surface area contributed by atoms with E-state index in [9.17, 15) is 8.42 Å². The molecule has 2 fully saturated rings. The van der Waals surface area contributed by atoms with E-state index in [-0.39, 0.29) is 35.1 Å². The van der Waals surface area contributed by atoms with E-state index in [0.29, 0.717) is 18.5 Å². The van der Waals surface area contributed by atoms with Crippen molar-refractivity contribution in [2.24, 2.45) is 16.1 Å². The summed E-state index contributed by atoms with van der Waals surface area (Å²) in [5, 5.41) is 3.26. The number of nitrogens with two attached hydrogens (primary N) is 1. The fraction of sp³-hybridized carbons (Fsp3) is 0.923. The fourth-order valence-electron chi connectivity index (χ4n) is 2.84. The molecule has 0 aromatic rings. The number of aliphatic imine (C=N–C) groups is 1. The maximum Gasteiger partial charge on any atom is 0.188 e. The van der Waals surface area contributed by atoms with Crippen LogP contribution in [-0.4, -0.2) is 39.0 Å². The van der Waals surface area contributed by atoms with Crippen LogP contribution >= 0.6 is 24.0 Å². The van der Waals surface area contributed by atoms with Gasteiger partial charge in [-0.1, -0.05) is 19.3 Å². The average Bonchev–Trinajstić information content (AvgIpc) is 3.06. The molecule has 7 heteroatoms. The lowest BCUT2D eigenvalue weighted by Crippen LogP contribution is -2.41. The van der Waals surface area contributed by atoms with E-state index in [4.69, 9.17) is 5.73 Å². The van der Waals surface area contributed by atoms with Crippen molar-refractivity contribution in [2.45, 2.75) is 51.0 Å². The van der Waals surface area contributed by atoms with E-state index in [1.165, 1.54) is 25.5 Å². The molecule has 0 aliphatic heterocycles. The van der Waals surface area contributed by atoms with Crippen LogP contribution < -0.4 is 11.1 Å². The molecular formula is C13H26IN3O2S. The molecule has 2 saturated carbocycles. The maximum atomic E-state index is 11.4. The molecule has 5 nitrogen and oxygen atoms in total. The lowest BCUT2D eigenvalue weighted by molar-refractivity contribution is 0.412. The van der Waals surface area contributed by atoms with Crippen LogP contribution in [-0.2, 0) is 9.84 Å². The molecule has 118 valence electrons. The third kappa shape index (κ3) is 6.15. The topological polar surface area (TPSA) is 84.5 Å². The van der Waals surface area contributed by atoms with E-state index >= 15 is 0 Å². The smallest absolute Gasteiger partial charge is 0.188 e. The highest BCUT2D eigenvalue weighted by molar-refractivity contribution is 14.0. The Morgan fingerprint density at radius 1 is 1.30 bits per heavy atom. The number of nitrogens with zero attached hydrogens (tertiary/aromatic N) is 1. The van der Waals surface area contributed by atoms with Gasteiger partial charge in [0.25, 0.3) is 0 Å². The van der Waals surface area contributed by atoms with E-state index in [0.717, 1.165) is 25.7 Å². The van der Waals surface area contributed by atoms with Crippen molar-refractivity contribution in [2.75, 3.05) is 18.6 Å². The second kappa shape index (κ2) is 7.29. The first-order valence-electron chi connectivity index (χ1n) is 7.13. The minimum absolute atomic E-state index is 0. The van der Waals surface area contributed by atoms with Crippen LogP contribution in [0.25, 0.3) is 0 Å². The van der Waals surface area contributed by atoms with Crippen molar-refractivity contribution in [3.8, 4) is 0 Å². The molecule has 20 heavy (non-hydrogen) atoms. The summed E-state index contributed by atoms with van der Waals surface area (Å²) in [5.74, 6) is 0.715. The molecule has 0 bridgehead atoms.